The molecular weight excluding hydrogens is 194 g/mol. The lowest BCUT2D eigenvalue weighted by atomic mass is 9.98. The van der Waals surface area contributed by atoms with Gasteiger partial charge in [-0.1, -0.05) is 12.8 Å². The number of aliphatic hydroxyl groups is 1. The van der Waals surface area contributed by atoms with E-state index in [9.17, 15) is 9.90 Å². The minimum atomic E-state index is -0.784. The Morgan fingerprint density at radius 3 is 2.93 bits per heavy atom. The second kappa shape index (κ2) is 4.02. The third-order valence-corrected chi connectivity index (χ3v) is 2.81. The van der Waals surface area contributed by atoms with Crippen LogP contribution in [0.25, 0.3) is 0 Å². The van der Waals surface area contributed by atoms with Crippen LogP contribution < -0.4 is 5.32 Å². The van der Waals surface area contributed by atoms with Gasteiger partial charge >= 0.3 is 0 Å². The largest absolute Gasteiger partial charge is 0.389 e. The number of rotatable bonds is 3. The van der Waals surface area contributed by atoms with Crippen molar-refractivity contribution in [3.8, 4) is 0 Å². The molecule has 1 heterocycles. The zero-order chi connectivity index (χ0) is 10.7. The van der Waals surface area contributed by atoms with Crippen molar-refractivity contribution in [2.45, 2.75) is 37.7 Å². The monoisotopic (exact) mass is 209 g/mol. The molecule has 0 bridgehead atoms. The number of aromatic nitrogens is 2. The van der Waals surface area contributed by atoms with Gasteiger partial charge in [-0.3, -0.25) is 9.89 Å². The first-order chi connectivity index (χ1) is 7.18. The Hall–Kier alpha value is -1.36. The van der Waals surface area contributed by atoms with Gasteiger partial charge in [0.05, 0.1) is 23.9 Å². The van der Waals surface area contributed by atoms with E-state index < -0.39 is 5.60 Å². The molecule has 15 heavy (non-hydrogen) atoms. The first kappa shape index (κ1) is 10.2. The fourth-order valence-electron chi connectivity index (χ4n) is 2.03. The highest BCUT2D eigenvalue weighted by Crippen LogP contribution is 2.32. The number of amides is 1. The zero-order valence-electron chi connectivity index (χ0n) is 8.49. The third kappa shape index (κ3) is 2.56. The molecule has 1 aromatic heterocycles. The number of carbonyl (C=O) groups is 1. The Labute approximate surface area is 87.9 Å². The normalized spacial score (nSPS) is 19.0. The van der Waals surface area contributed by atoms with E-state index in [-0.39, 0.29) is 12.3 Å². The molecule has 5 nitrogen and oxygen atoms in total. The van der Waals surface area contributed by atoms with Gasteiger partial charge in [-0.15, -0.1) is 0 Å². The molecule has 0 aromatic carbocycles. The number of nitrogens with one attached hydrogen (secondary N) is 2. The molecule has 0 spiro atoms. The van der Waals surface area contributed by atoms with E-state index in [4.69, 9.17) is 0 Å². The van der Waals surface area contributed by atoms with Crippen LogP contribution in [0.1, 0.15) is 32.1 Å². The number of hydrogen-bond acceptors (Lipinski definition) is 3. The Morgan fingerprint density at radius 2 is 2.33 bits per heavy atom. The number of H-pyrrole nitrogens is 1. The number of anilines is 1. The molecule has 2 rings (SSSR count). The molecule has 3 N–H and O–H groups in total. The van der Waals surface area contributed by atoms with Crippen molar-refractivity contribution in [1.29, 1.82) is 0 Å². The topological polar surface area (TPSA) is 78.0 Å². The highest BCUT2D eigenvalue weighted by atomic mass is 16.3. The van der Waals surface area contributed by atoms with Gasteiger partial charge in [0.2, 0.25) is 5.91 Å². The van der Waals surface area contributed by atoms with Crippen LogP contribution in [0.4, 0.5) is 5.69 Å². The summed E-state index contributed by atoms with van der Waals surface area (Å²) in [4.78, 5) is 11.6. The average molecular weight is 209 g/mol. The van der Waals surface area contributed by atoms with E-state index in [1.807, 2.05) is 0 Å². The van der Waals surface area contributed by atoms with Gasteiger partial charge < -0.3 is 10.4 Å². The Bertz CT molecular complexity index is 328. The van der Waals surface area contributed by atoms with Gasteiger partial charge in [0.1, 0.15) is 0 Å². The molecule has 0 atom stereocenters. The van der Waals surface area contributed by atoms with E-state index >= 15 is 0 Å². The smallest absolute Gasteiger partial charge is 0.227 e. The first-order valence-electron chi connectivity index (χ1n) is 5.19. The van der Waals surface area contributed by atoms with Gasteiger partial charge in [-0.2, -0.15) is 5.10 Å². The maximum absolute atomic E-state index is 11.6. The van der Waals surface area contributed by atoms with Gasteiger partial charge in [-0.05, 0) is 12.8 Å². The fourth-order valence-corrected chi connectivity index (χ4v) is 2.03. The molecular formula is C10H15N3O2. The highest BCUT2D eigenvalue weighted by molar-refractivity contribution is 5.91. The standard InChI is InChI=1S/C10H15N3O2/c14-9(13-8-6-11-12-7-8)5-10(15)3-1-2-4-10/h6-7,15H,1-5H2,(H,11,12)(H,13,14). The van der Waals surface area contributed by atoms with E-state index in [2.05, 4.69) is 15.5 Å². The summed E-state index contributed by atoms with van der Waals surface area (Å²) in [5, 5.41) is 19.0. The van der Waals surface area contributed by atoms with E-state index in [1.54, 1.807) is 6.20 Å². The predicted octanol–water partition coefficient (Wildman–Crippen LogP) is 1.04. The highest BCUT2D eigenvalue weighted by Gasteiger charge is 2.33. The van der Waals surface area contributed by atoms with Crippen molar-refractivity contribution in [2.75, 3.05) is 5.32 Å². The number of carbonyl (C=O) groups excluding carboxylic acids is 1. The van der Waals surface area contributed by atoms with E-state index in [0.717, 1.165) is 25.7 Å². The van der Waals surface area contributed by atoms with Crippen LogP contribution in [0.2, 0.25) is 0 Å². The van der Waals surface area contributed by atoms with Crippen molar-refractivity contribution in [3.63, 3.8) is 0 Å². The molecule has 1 saturated carbocycles. The van der Waals surface area contributed by atoms with Crippen LogP contribution in [-0.2, 0) is 4.79 Å². The molecule has 0 saturated heterocycles. The molecule has 1 aliphatic rings. The molecule has 1 fully saturated rings. The van der Waals surface area contributed by atoms with Crippen molar-refractivity contribution in [3.05, 3.63) is 12.4 Å². The molecule has 1 amide bonds. The Kier molecular flexibility index (Phi) is 2.73. The van der Waals surface area contributed by atoms with Crippen LogP contribution in [-0.4, -0.2) is 26.8 Å². The second-order valence-electron chi connectivity index (χ2n) is 4.14. The zero-order valence-corrected chi connectivity index (χ0v) is 8.49. The lowest BCUT2D eigenvalue weighted by Crippen LogP contribution is -2.30. The molecule has 82 valence electrons. The quantitative estimate of drug-likeness (QED) is 0.696. The maximum atomic E-state index is 11.6. The average Bonchev–Trinajstić information content (AvgIpc) is 2.76. The fraction of sp³-hybridized carbons (Fsp3) is 0.600. The summed E-state index contributed by atoms with van der Waals surface area (Å²) in [5.74, 6) is -0.152. The number of nitrogens with zero attached hydrogens (tertiary/aromatic N) is 1. The van der Waals surface area contributed by atoms with Crippen LogP contribution in [0.3, 0.4) is 0 Å². The summed E-state index contributed by atoms with van der Waals surface area (Å²) in [7, 11) is 0. The molecule has 1 aromatic rings. The molecule has 0 aliphatic heterocycles. The molecule has 0 unspecified atom stereocenters. The third-order valence-electron chi connectivity index (χ3n) is 2.81. The van der Waals surface area contributed by atoms with Gasteiger partial charge in [0.25, 0.3) is 0 Å². The summed E-state index contributed by atoms with van der Waals surface area (Å²) in [5.41, 5.74) is -0.144. The van der Waals surface area contributed by atoms with Gasteiger partial charge in [0.15, 0.2) is 0 Å². The minimum Gasteiger partial charge on any atom is -0.389 e. The predicted molar refractivity (Wildman–Crippen MR) is 55.3 cm³/mol. The van der Waals surface area contributed by atoms with Crippen LogP contribution in [0.5, 0.6) is 0 Å². The minimum absolute atomic E-state index is 0.152. The van der Waals surface area contributed by atoms with Crippen LogP contribution in [0.15, 0.2) is 12.4 Å². The second-order valence-corrected chi connectivity index (χ2v) is 4.14. The Morgan fingerprint density at radius 1 is 1.60 bits per heavy atom. The lowest BCUT2D eigenvalue weighted by molar-refractivity contribution is -0.120. The summed E-state index contributed by atoms with van der Waals surface area (Å²) >= 11 is 0. The SMILES string of the molecule is O=C(CC1(O)CCCC1)Nc1cn[nH]c1. The van der Waals surface area contributed by atoms with Crippen molar-refractivity contribution in [2.24, 2.45) is 0 Å². The van der Waals surface area contributed by atoms with Gasteiger partial charge in [-0.25, -0.2) is 0 Å². The summed E-state index contributed by atoms with van der Waals surface area (Å²) in [6.45, 7) is 0. The summed E-state index contributed by atoms with van der Waals surface area (Å²) in [6.07, 6.45) is 6.80. The summed E-state index contributed by atoms with van der Waals surface area (Å²) < 4.78 is 0. The van der Waals surface area contributed by atoms with E-state index in [0.29, 0.717) is 5.69 Å². The Balaban J connectivity index is 1.87. The van der Waals surface area contributed by atoms with Crippen molar-refractivity contribution < 1.29 is 9.90 Å². The lowest BCUT2D eigenvalue weighted by Gasteiger charge is -2.20. The molecule has 1 aliphatic carbocycles. The first-order valence-corrected chi connectivity index (χ1v) is 5.19. The van der Waals surface area contributed by atoms with Crippen molar-refractivity contribution in [1.82, 2.24) is 10.2 Å². The van der Waals surface area contributed by atoms with E-state index in [1.165, 1.54) is 6.20 Å². The maximum Gasteiger partial charge on any atom is 0.227 e. The molecule has 5 heteroatoms. The van der Waals surface area contributed by atoms with Crippen molar-refractivity contribution >= 4 is 11.6 Å². The number of aromatic amines is 1. The summed E-state index contributed by atoms with van der Waals surface area (Å²) in [6, 6.07) is 0. The van der Waals surface area contributed by atoms with Crippen LogP contribution in [0, 0.1) is 0 Å². The number of hydrogen-bond donors (Lipinski definition) is 3. The molecule has 0 radical (unpaired) electrons. The van der Waals surface area contributed by atoms with Crippen LogP contribution >= 0.6 is 0 Å². The van der Waals surface area contributed by atoms with Gasteiger partial charge in [0, 0.05) is 6.20 Å².